The minimum absolute atomic E-state index is 0.184. The standard InChI is InChI=1S/C14H8F4O4S/c1-2-7-4-3-5-8(6-7)22-13-9(15)11(17)14(23(19,20)21)12(18)10(13)16/h2-6H,1H2,(H,19,20,21)/p-1. The second-order valence-electron chi connectivity index (χ2n) is 4.25. The lowest BCUT2D eigenvalue weighted by Crippen LogP contribution is -2.11. The molecule has 0 aliphatic heterocycles. The van der Waals surface area contributed by atoms with Crippen LogP contribution in [0.4, 0.5) is 17.6 Å². The number of ether oxygens (including phenoxy) is 1. The van der Waals surface area contributed by atoms with Crippen molar-refractivity contribution in [2.24, 2.45) is 0 Å². The van der Waals surface area contributed by atoms with Crippen molar-refractivity contribution in [3.63, 3.8) is 0 Å². The predicted molar refractivity (Wildman–Crippen MR) is 70.8 cm³/mol. The van der Waals surface area contributed by atoms with Gasteiger partial charge in [0.25, 0.3) is 0 Å². The summed E-state index contributed by atoms with van der Waals surface area (Å²) in [4.78, 5) is -2.24. The van der Waals surface area contributed by atoms with Gasteiger partial charge in [0.15, 0.2) is 11.6 Å². The monoisotopic (exact) mass is 347 g/mol. The normalized spacial score (nSPS) is 11.3. The average Bonchev–Trinajstić information content (AvgIpc) is 2.48. The van der Waals surface area contributed by atoms with Gasteiger partial charge < -0.3 is 9.29 Å². The van der Waals surface area contributed by atoms with Crippen LogP contribution in [0.1, 0.15) is 5.56 Å². The highest BCUT2D eigenvalue weighted by Gasteiger charge is 2.30. The highest BCUT2D eigenvalue weighted by atomic mass is 32.2. The van der Waals surface area contributed by atoms with E-state index in [1.54, 1.807) is 6.07 Å². The SMILES string of the molecule is C=Cc1cccc(Oc2c(F)c(F)c(S(=O)(=O)[O-])c(F)c2F)c1. The van der Waals surface area contributed by atoms with Crippen LogP contribution in [0.2, 0.25) is 0 Å². The minimum Gasteiger partial charge on any atom is -0.744 e. The van der Waals surface area contributed by atoms with Gasteiger partial charge in [-0.25, -0.2) is 17.2 Å². The maximum atomic E-state index is 13.8. The minimum atomic E-state index is -5.76. The first-order chi connectivity index (χ1) is 10.7. The summed E-state index contributed by atoms with van der Waals surface area (Å²) in [6.07, 6.45) is 1.38. The number of halogens is 4. The molecular weight excluding hydrogens is 340 g/mol. The molecule has 0 radical (unpaired) electrons. The third-order valence-electron chi connectivity index (χ3n) is 2.75. The summed E-state index contributed by atoms with van der Waals surface area (Å²) < 4.78 is 91.6. The fraction of sp³-hybridized carbons (Fsp3) is 0. The Hall–Kier alpha value is -2.39. The molecule has 0 spiro atoms. The Labute approximate surface area is 128 Å². The highest BCUT2D eigenvalue weighted by molar-refractivity contribution is 7.85. The van der Waals surface area contributed by atoms with E-state index in [0.717, 1.165) is 0 Å². The van der Waals surface area contributed by atoms with Crippen molar-refractivity contribution in [2.75, 3.05) is 0 Å². The predicted octanol–water partition coefficient (Wildman–Crippen LogP) is 3.58. The topological polar surface area (TPSA) is 66.4 Å². The van der Waals surface area contributed by atoms with Crippen LogP contribution in [0.5, 0.6) is 11.5 Å². The van der Waals surface area contributed by atoms with Crippen molar-refractivity contribution in [1.82, 2.24) is 0 Å². The number of rotatable bonds is 4. The molecule has 0 aliphatic carbocycles. The van der Waals surface area contributed by atoms with E-state index < -0.39 is 44.0 Å². The van der Waals surface area contributed by atoms with E-state index in [4.69, 9.17) is 4.74 Å². The van der Waals surface area contributed by atoms with Crippen LogP contribution in [0.3, 0.4) is 0 Å². The Kier molecular flexibility index (Phi) is 4.44. The van der Waals surface area contributed by atoms with Gasteiger partial charge in [-0.15, -0.1) is 0 Å². The molecule has 2 rings (SSSR count). The molecule has 9 heteroatoms. The number of hydrogen-bond donors (Lipinski definition) is 0. The number of benzene rings is 2. The number of hydrogen-bond acceptors (Lipinski definition) is 4. The molecule has 0 bridgehead atoms. The van der Waals surface area contributed by atoms with E-state index in [1.807, 2.05) is 0 Å². The molecule has 0 saturated heterocycles. The van der Waals surface area contributed by atoms with Crippen molar-refractivity contribution in [3.8, 4) is 11.5 Å². The second-order valence-corrected chi connectivity index (χ2v) is 5.56. The molecule has 0 unspecified atom stereocenters. The molecule has 0 amide bonds. The smallest absolute Gasteiger partial charge is 0.205 e. The van der Waals surface area contributed by atoms with Gasteiger partial charge in [0.2, 0.25) is 17.4 Å². The lowest BCUT2D eigenvalue weighted by molar-refractivity contribution is 0.345. The Morgan fingerprint density at radius 1 is 1.04 bits per heavy atom. The van der Waals surface area contributed by atoms with Crippen LogP contribution < -0.4 is 4.74 Å². The summed E-state index contributed by atoms with van der Waals surface area (Å²) in [6.45, 7) is 3.46. The van der Waals surface area contributed by atoms with Crippen LogP contribution in [0, 0.1) is 23.3 Å². The molecule has 122 valence electrons. The fourth-order valence-electron chi connectivity index (χ4n) is 1.72. The van der Waals surface area contributed by atoms with Gasteiger partial charge in [-0.3, -0.25) is 0 Å². The van der Waals surface area contributed by atoms with Gasteiger partial charge in [-0.05, 0) is 17.7 Å². The molecule has 4 nitrogen and oxygen atoms in total. The van der Waals surface area contributed by atoms with Crippen LogP contribution in [0.25, 0.3) is 6.08 Å². The third kappa shape index (κ3) is 3.20. The first-order valence-electron chi connectivity index (χ1n) is 5.89. The maximum Gasteiger partial charge on any atom is 0.205 e. The molecule has 0 aromatic heterocycles. The van der Waals surface area contributed by atoms with E-state index in [2.05, 4.69) is 6.58 Å². The summed E-state index contributed by atoms with van der Waals surface area (Å²) in [5.41, 5.74) is 0.489. The van der Waals surface area contributed by atoms with Crippen molar-refractivity contribution in [1.29, 1.82) is 0 Å². The molecule has 0 aliphatic rings. The van der Waals surface area contributed by atoms with E-state index in [-0.39, 0.29) is 5.75 Å². The lowest BCUT2D eigenvalue weighted by atomic mass is 10.2. The van der Waals surface area contributed by atoms with Crippen molar-refractivity contribution in [2.45, 2.75) is 4.90 Å². The van der Waals surface area contributed by atoms with Crippen LogP contribution in [-0.4, -0.2) is 13.0 Å². The molecule has 0 atom stereocenters. The molecule has 0 saturated carbocycles. The fourth-order valence-corrected chi connectivity index (χ4v) is 2.34. The van der Waals surface area contributed by atoms with E-state index in [9.17, 15) is 30.5 Å². The zero-order valence-electron chi connectivity index (χ0n) is 11.1. The quantitative estimate of drug-likeness (QED) is 0.482. The van der Waals surface area contributed by atoms with Crippen LogP contribution in [0.15, 0.2) is 35.7 Å². The van der Waals surface area contributed by atoms with Crippen molar-refractivity contribution in [3.05, 3.63) is 59.7 Å². The van der Waals surface area contributed by atoms with E-state index in [1.165, 1.54) is 24.3 Å². The first kappa shape index (κ1) is 17.0. The molecule has 2 aromatic carbocycles. The van der Waals surface area contributed by atoms with Gasteiger partial charge in [0, 0.05) is 0 Å². The maximum absolute atomic E-state index is 13.8. The third-order valence-corrected chi connectivity index (χ3v) is 3.60. The Morgan fingerprint density at radius 2 is 1.61 bits per heavy atom. The largest absolute Gasteiger partial charge is 0.744 e. The Balaban J connectivity index is 2.63. The Morgan fingerprint density at radius 3 is 2.09 bits per heavy atom. The van der Waals surface area contributed by atoms with E-state index >= 15 is 0 Å². The summed E-state index contributed by atoms with van der Waals surface area (Å²) in [6, 6.07) is 5.49. The van der Waals surface area contributed by atoms with Crippen LogP contribution in [-0.2, 0) is 10.1 Å². The van der Waals surface area contributed by atoms with Gasteiger partial charge in [-0.2, -0.15) is 8.78 Å². The average molecular weight is 347 g/mol. The lowest BCUT2D eigenvalue weighted by Gasteiger charge is -2.14. The highest BCUT2D eigenvalue weighted by Crippen LogP contribution is 2.35. The van der Waals surface area contributed by atoms with Gasteiger partial charge >= 0.3 is 0 Å². The van der Waals surface area contributed by atoms with E-state index in [0.29, 0.717) is 5.56 Å². The molecule has 0 fully saturated rings. The van der Waals surface area contributed by atoms with Gasteiger partial charge in [0.05, 0.1) is 0 Å². The van der Waals surface area contributed by atoms with Gasteiger partial charge in [-0.1, -0.05) is 24.8 Å². The van der Waals surface area contributed by atoms with Crippen LogP contribution >= 0.6 is 0 Å². The molecule has 2 aromatic rings. The van der Waals surface area contributed by atoms with Crippen molar-refractivity contribution < 1.29 is 35.3 Å². The summed E-state index contributed by atoms with van der Waals surface area (Å²) in [7, 11) is -5.76. The zero-order valence-corrected chi connectivity index (χ0v) is 12.0. The summed E-state index contributed by atoms with van der Waals surface area (Å²) >= 11 is 0. The second kappa shape index (κ2) is 6.01. The Bertz CT molecular complexity index is 865. The molecule has 0 N–H and O–H groups in total. The molecular formula is C14H7F4O4S-. The molecule has 23 heavy (non-hydrogen) atoms. The molecule has 0 heterocycles. The zero-order chi connectivity index (χ0) is 17.4. The van der Waals surface area contributed by atoms with Crippen molar-refractivity contribution >= 4 is 16.2 Å². The first-order valence-corrected chi connectivity index (χ1v) is 7.29. The van der Waals surface area contributed by atoms with Gasteiger partial charge in [0.1, 0.15) is 20.8 Å². The summed E-state index contributed by atoms with van der Waals surface area (Å²) in [5, 5.41) is 0. The summed E-state index contributed by atoms with van der Waals surface area (Å²) in [5.74, 6) is -10.7.